The van der Waals surface area contributed by atoms with Crippen molar-refractivity contribution in [2.75, 3.05) is 11.9 Å². The van der Waals surface area contributed by atoms with Gasteiger partial charge in [-0.15, -0.1) is 0 Å². The molecule has 0 unspecified atom stereocenters. The van der Waals surface area contributed by atoms with E-state index in [2.05, 4.69) is 16.0 Å². The molecule has 2 amide bonds. The summed E-state index contributed by atoms with van der Waals surface area (Å²) in [6.07, 6.45) is 4.52. The van der Waals surface area contributed by atoms with Gasteiger partial charge in [0.25, 0.3) is 0 Å². The van der Waals surface area contributed by atoms with Crippen molar-refractivity contribution in [3.05, 3.63) is 24.3 Å². The summed E-state index contributed by atoms with van der Waals surface area (Å²) in [5.41, 5.74) is 0.635. The van der Waals surface area contributed by atoms with Crippen LogP contribution in [0.5, 0.6) is 5.75 Å². The Kier molecular flexibility index (Phi) is 5.35. The third-order valence-corrected chi connectivity index (χ3v) is 4.68. The maximum absolute atomic E-state index is 12.4. The first kappa shape index (κ1) is 16.8. The monoisotopic (exact) mass is 331 g/mol. The second-order valence-corrected chi connectivity index (χ2v) is 6.41. The fourth-order valence-corrected chi connectivity index (χ4v) is 3.51. The maximum Gasteiger partial charge on any atom is 0.237 e. The van der Waals surface area contributed by atoms with E-state index in [1.165, 1.54) is 6.42 Å². The van der Waals surface area contributed by atoms with Gasteiger partial charge in [0.05, 0.1) is 24.8 Å². The normalized spacial score (nSPS) is 26.2. The van der Waals surface area contributed by atoms with Gasteiger partial charge in [-0.3, -0.25) is 9.59 Å². The van der Waals surface area contributed by atoms with Crippen LogP contribution in [0, 0.1) is 0 Å². The lowest BCUT2D eigenvalue weighted by atomic mass is 9.87. The number of carbonyl (C=O) groups is 2. The van der Waals surface area contributed by atoms with Gasteiger partial charge in [-0.2, -0.15) is 0 Å². The molecule has 1 aliphatic heterocycles. The number of piperazine rings is 1. The SMILES string of the molecule is CCOc1ccccc1NC(=O)C[C@@H]1N[C@@H]2CCCC[C@H]2NC1=O. The van der Waals surface area contributed by atoms with E-state index >= 15 is 0 Å². The number of carbonyl (C=O) groups excluding carboxylic acids is 2. The predicted octanol–water partition coefficient (Wildman–Crippen LogP) is 1.81. The molecule has 1 aromatic carbocycles. The van der Waals surface area contributed by atoms with Gasteiger partial charge in [0.1, 0.15) is 5.75 Å². The lowest BCUT2D eigenvalue weighted by molar-refractivity contribution is -0.129. The average Bonchev–Trinajstić information content (AvgIpc) is 2.57. The molecule has 1 aliphatic carbocycles. The van der Waals surface area contributed by atoms with Crippen molar-refractivity contribution < 1.29 is 14.3 Å². The van der Waals surface area contributed by atoms with Crippen molar-refractivity contribution >= 4 is 17.5 Å². The van der Waals surface area contributed by atoms with E-state index in [9.17, 15) is 9.59 Å². The number of anilines is 1. The summed E-state index contributed by atoms with van der Waals surface area (Å²) < 4.78 is 5.51. The third kappa shape index (κ3) is 3.87. The van der Waals surface area contributed by atoms with Gasteiger partial charge >= 0.3 is 0 Å². The zero-order chi connectivity index (χ0) is 16.9. The molecular formula is C18H25N3O3. The Labute approximate surface area is 142 Å². The highest BCUT2D eigenvalue weighted by molar-refractivity contribution is 5.96. The number of nitrogens with one attached hydrogen (secondary N) is 3. The molecule has 6 heteroatoms. The van der Waals surface area contributed by atoms with Crippen LogP contribution < -0.4 is 20.7 Å². The predicted molar refractivity (Wildman–Crippen MR) is 92.0 cm³/mol. The first-order valence-electron chi connectivity index (χ1n) is 8.75. The van der Waals surface area contributed by atoms with Gasteiger partial charge in [-0.05, 0) is 31.9 Å². The van der Waals surface area contributed by atoms with Crippen LogP contribution in [0.25, 0.3) is 0 Å². The van der Waals surface area contributed by atoms with Crippen LogP contribution in [0.3, 0.4) is 0 Å². The summed E-state index contributed by atoms with van der Waals surface area (Å²) in [5.74, 6) is 0.372. The summed E-state index contributed by atoms with van der Waals surface area (Å²) >= 11 is 0. The molecule has 3 rings (SSSR count). The molecule has 3 N–H and O–H groups in total. The Hall–Kier alpha value is -2.08. The molecule has 1 saturated heterocycles. The number of fused-ring (bicyclic) bond motifs is 1. The van der Waals surface area contributed by atoms with E-state index in [1.54, 1.807) is 6.07 Å². The first-order valence-corrected chi connectivity index (χ1v) is 8.75. The Morgan fingerprint density at radius 2 is 2.00 bits per heavy atom. The molecule has 24 heavy (non-hydrogen) atoms. The topological polar surface area (TPSA) is 79.5 Å². The molecule has 2 aliphatic rings. The smallest absolute Gasteiger partial charge is 0.237 e. The van der Waals surface area contributed by atoms with Crippen molar-refractivity contribution in [2.45, 2.75) is 57.2 Å². The maximum atomic E-state index is 12.4. The molecule has 2 fully saturated rings. The summed E-state index contributed by atoms with van der Waals surface area (Å²) in [6, 6.07) is 7.35. The summed E-state index contributed by atoms with van der Waals surface area (Å²) in [5, 5.41) is 9.27. The summed E-state index contributed by atoms with van der Waals surface area (Å²) in [4.78, 5) is 24.6. The minimum atomic E-state index is -0.469. The summed E-state index contributed by atoms with van der Waals surface area (Å²) in [6.45, 7) is 2.43. The minimum absolute atomic E-state index is 0.0774. The molecule has 1 saturated carbocycles. The number of ether oxygens (including phenoxy) is 1. The molecule has 0 spiro atoms. The van der Waals surface area contributed by atoms with Crippen LogP contribution in [0.2, 0.25) is 0 Å². The Morgan fingerprint density at radius 1 is 1.25 bits per heavy atom. The number of rotatable bonds is 5. The van der Waals surface area contributed by atoms with Gasteiger partial charge in [-0.1, -0.05) is 25.0 Å². The number of hydrogen-bond donors (Lipinski definition) is 3. The van der Waals surface area contributed by atoms with Crippen molar-refractivity contribution in [1.82, 2.24) is 10.6 Å². The van der Waals surface area contributed by atoms with E-state index in [0.717, 1.165) is 19.3 Å². The number of amides is 2. The molecule has 130 valence electrons. The number of hydrogen-bond acceptors (Lipinski definition) is 4. The molecule has 3 atom stereocenters. The highest BCUT2D eigenvalue weighted by Gasteiger charge is 2.36. The lowest BCUT2D eigenvalue weighted by Crippen LogP contribution is -2.65. The van der Waals surface area contributed by atoms with Crippen molar-refractivity contribution in [1.29, 1.82) is 0 Å². The van der Waals surface area contributed by atoms with Crippen molar-refractivity contribution in [3.8, 4) is 5.75 Å². The van der Waals surface area contributed by atoms with Crippen LogP contribution in [0.4, 0.5) is 5.69 Å². The van der Waals surface area contributed by atoms with Crippen molar-refractivity contribution in [3.63, 3.8) is 0 Å². The fourth-order valence-electron chi connectivity index (χ4n) is 3.51. The molecule has 1 heterocycles. The van der Waals surface area contributed by atoms with E-state index < -0.39 is 6.04 Å². The van der Waals surface area contributed by atoms with E-state index in [0.29, 0.717) is 18.0 Å². The standard InChI is InChI=1S/C18H25N3O3/c1-2-24-16-10-6-5-9-14(16)20-17(22)11-15-18(23)21-13-8-4-3-7-12(13)19-15/h5-6,9-10,12-13,15,19H,2-4,7-8,11H2,1H3,(H,20,22)(H,21,23)/t12-,13-,15+/m1/s1. The van der Waals surface area contributed by atoms with E-state index in [1.807, 2.05) is 25.1 Å². The molecule has 6 nitrogen and oxygen atoms in total. The fraction of sp³-hybridized carbons (Fsp3) is 0.556. The largest absolute Gasteiger partial charge is 0.492 e. The van der Waals surface area contributed by atoms with Crippen LogP contribution in [0.1, 0.15) is 39.0 Å². The Morgan fingerprint density at radius 3 is 2.79 bits per heavy atom. The van der Waals surface area contributed by atoms with E-state index in [4.69, 9.17) is 4.74 Å². The molecule has 0 radical (unpaired) electrons. The van der Waals surface area contributed by atoms with E-state index in [-0.39, 0.29) is 30.3 Å². The van der Waals surface area contributed by atoms with Gasteiger partial charge in [0, 0.05) is 12.1 Å². The third-order valence-electron chi connectivity index (χ3n) is 4.68. The second kappa shape index (κ2) is 7.66. The zero-order valence-electron chi connectivity index (χ0n) is 14.0. The van der Waals surface area contributed by atoms with Gasteiger partial charge in [0.2, 0.25) is 11.8 Å². The van der Waals surface area contributed by atoms with Crippen LogP contribution in [-0.2, 0) is 9.59 Å². The minimum Gasteiger partial charge on any atom is -0.492 e. The lowest BCUT2D eigenvalue weighted by Gasteiger charge is -2.40. The Balaban J connectivity index is 1.59. The van der Waals surface area contributed by atoms with Gasteiger partial charge in [0.15, 0.2) is 0 Å². The van der Waals surface area contributed by atoms with Crippen LogP contribution in [0.15, 0.2) is 24.3 Å². The number of para-hydroxylation sites is 2. The summed E-state index contributed by atoms with van der Waals surface area (Å²) in [7, 11) is 0. The first-order chi connectivity index (χ1) is 11.7. The number of benzene rings is 1. The highest BCUT2D eigenvalue weighted by atomic mass is 16.5. The molecule has 1 aromatic rings. The second-order valence-electron chi connectivity index (χ2n) is 6.41. The van der Waals surface area contributed by atoms with Crippen LogP contribution >= 0.6 is 0 Å². The molecule has 0 bridgehead atoms. The zero-order valence-corrected chi connectivity index (χ0v) is 14.0. The molecular weight excluding hydrogens is 306 g/mol. The Bertz CT molecular complexity index is 605. The molecule has 0 aromatic heterocycles. The quantitative estimate of drug-likeness (QED) is 0.769. The highest BCUT2D eigenvalue weighted by Crippen LogP contribution is 2.25. The van der Waals surface area contributed by atoms with Gasteiger partial charge in [-0.25, -0.2) is 0 Å². The van der Waals surface area contributed by atoms with Gasteiger partial charge < -0.3 is 20.7 Å². The van der Waals surface area contributed by atoms with Crippen molar-refractivity contribution in [2.24, 2.45) is 0 Å². The average molecular weight is 331 g/mol. The van der Waals surface area contributed by atoms with Crippen LogP contribution in [-0.4, -0.2) is 36.5 Å².